The maximum Gasteiger partial charge on any atom is 0.244 e. The lowest BCUT2D eigenvalue weighted by molar-refractivity contribution is -0.119. The lowest BCUT2D eigenvalue weighted by Crippen LogP contribution is -2.37. The number of aryl methyl sites for hydroxylation is 2. The van der Waals surface area contributed by atoms with Gasteiger partial charge in [0.15, 0.2) is 0 Å². The highest BCUT2D eigenvalue weighted by molar-refractivity contribution is 7.89. The van der Waals surface area contributed by atoms with Crippen LogP contribution in [0.2, 0.25) is 0 Å². The Morgan fingerprint density at radius 3 is 2.58 bits per heavy atom. The largest absolute Gasteiger partial charge is 0.495 e. The first kappa shape index (κ1) is 20.5. The molecule has 26 heavy (non-hydrogen) atoms. The van der Waals surface area contributed by atoms with Crippen molar-refractivity contribution in [3.63, 3.8) is 0 Å². The van der Waals surface area contributed by atoms with Crippen molar-refractivity contribution in [1.82, 2.24) is 10.0 Å². The van der Waals surface area contributed by atoms with E-state index < -0.39 is 10.0 Å². The number of benzene rings is 1. The number of rotatable bonds is 8. The van der Waals surface area contributed by atoms with Gasteiger partial charge in [-0.05, 0) is 69.2 Å². The predicted octanol–water partition coefficient (Wildman–Crippen LogP) is 2.60. The molecule has 0 bridgehead atoms. The Labute approximate surface area is 156 Å². The van der Waals surface area contributed by atoms with E-state index in [9.17, 15) is 13.2 Å². The zero-order valence-electron chi connectivity index (χ0n) is 15.7. The van der Waals surface area contributed by atoms with Crippen molar-refractivity contribution in [3.8, 4) is 5.75 Å². The van der Waals surface area contributed by atoms with E-state index in [1.54, 1.807) is 12.1 Å². The summed E-state index contributed by atoms with van der Waals surface area (Å²) < 4.78 is 32.6. The van der Waals surface area contributed by atoms with Crippen LogP contribution in [0.15, 0.2) is 28.7 Å². The number of hydrogen-bond acceptors (Lipinski definition) is 4. The average Bonchev–Trinajstić information content (AvgIpc) is 2.63. The van der Waals surface area contributed by atoms with Crippen molar-refractivity contribution in [3.05, 3.63) is 34.9 Å². The molecule has 6 nitrogen and oxygen atoms in total. The Kier molecular flexibility index (Phi) is 7.23. The third kappa shape index (κ3) is 5.57. The smallest absolute Gasteiger partial charge is 0.244 e. The summed E-state index contributed by atoms with van der Waals surface area (Å²) in [5.74, 6) is -0.0713. The number of ether oxygens (including phenoxy) is 1. The molecule has 1 aliphatic rings. The number of hydrogen-bond donors (Lipinski definition) is 2. The van der Waals surface area contributed by atoms with E-state index in [0.29, 0.717) is 6.54 Å². The van der Waals surface area contributed by atoms with Crippen LogP contribution >= 0.6 is 0 Å². The van der Waals surface area contributed by atoms with E-state index in [0.717, 1.165) is 30.4 Å². The minimum atomic E-state index is -3.83. The van der Waals surface area contributed by atoms with E-state index in [1.807, 2.05) is 13.8 Å². The highest BCUT2D eigenvalue weighted by Crippen LogP contribution is 2.27. The van der Waals surface area contributed by atoms with Gasteiger partial charge >= 0.3 is 0 Å². The van der Waals surface area contributed by atoms with Gasteiger partial charge in [0.2, 0.25) is 15.9 Å². The van der Waals surface area contributed by atoms with Gasteiger partial charge < -0.3 is 10.1 Å². The fourth-order valence-electron chi connectivity index (χ4n) is 2.93. The van der Waals surface area contributed by atoms with E-state index in [1.165, 1.54) is 25.5 Å². The van der Waals surface area contributed by atoms with Gasteiger partial charge in [0.1, 0.15) is 10.6 Å². The van der Waals surface area contributed by atoms with Crippen LogP contribution in [0.25, 0.3) is 0 Å². The van der Waals surface area contributed by atoms with Gasteiger partial charge in [0.25, 0.3) is 0 Å². The number of amides is 1. The second kappa shape index (κ2) is 9.19. The zero-order chi connectivity index (χ0) is 19.2. The lowest BCUT2D eigenvalue weighted by Gasteiger charge is -2.14. The topological polar surface area (TPSA) is 84.5 Å². The van der Waals surface area contributed by atoms with Crippen LogP contribution in [-0.2, 0) is 14.8 Å². The van der Waals surface area contributed by atoms with Crippen LogP contribution in [0.1, 0.15) is 43.2 Å². The minimum absolute atomic E-state index is 0.0447. The highest BCUT2D eigenvalue weighted by Gasteiger charge is 2.21. The first-order valence-electron chi connectivity index (χ1n) is 8.93. The fourth-order valence-corrected chi connectivity index (χ4v) is 4.14. The van der Waals surface area contributed by atoms with Crippen LogP contribution in [0.3, 0.4) is 0 Å². The summed E-state index contributed by atoms with van der Waals surface area (Å²) in [6, 6.07) is 3.24. The predicted molar refractivity (Wildman–Crippen MR) is 102 cm³/mol. The Bertz CT molecular complexity index is 785. The van der Waals surface area contributed by atoms with Gasteiger partial charge in [0, 0.05) is 6.54 Å². The molecule has 0 unspecified atom stereocenters. The van der Waals surface area contributed by atoms with Crippen LogP contribution in [0, 0.1) is 13.8 Å². The Balaban J connectivity index is 1.90. The Morgan fingerprint density at radius 2 is 1.92 bits per heavy atom. The molecule has 0 heterocycles. The fraction of sp³-hybridized carbons (Fsp3) is 0.526. The second-order valence-corrected chi connectivity index (χ2v) is 8.36. The molecule has 144 valence electrons. The SMILES string of the molecule is COc1cc(C)c(C)cc1S(=O)(=O)NCC(=O)NCCC1=CCCCC1. The first-order valence-corrected chi connectivity index (χ1v) is 10.4. The van der Waals surface area contributed by atoms with Gasteiger partial charge in [-0.15, -0.1) is 0 Å². The Hall–Kier alpha value is -1.86. The zero-order valence-corrected chi connectivity index (χ0v) is 16.5. The van der Waals surface area contributed by atoms with Crippen LogP contribution in [0.4, 0.5) is 0 Å². The van der Waals surface area contributed by atoms with Crippen molar-refractivity contribution in [2.45, 2.75) is 50.8 Å². The van der Waals surface area contributed by atoms with Crippen molar-refractivity contribution in [2.75, 3.05) is 20.2 Å². The summed E-state index contributed by atoms with van der Waals surface area (Å²) in [4.78, 5) is 12.0. The number of carbonyl (C=O) groups is 1. The van der Waals surface area contributed by atoms with Crippen molar-refractivity contribution < 1.29 is 17.9 Å². The summed E-state index contributed by atoms with van der Waals surface area (Å²) >= 11 is 0. The van der Waals surface area contributed by atoms with Crippen molar-refractivity contribution in [1.29, 1.82) is 0 Å². The second-order valence-electron chi connectivity index (χ2n) is 6.62. The molecule has 2 rings (SSSR count). The molecule has 0 atom stereocenters. The number of carbonyl (C=O) groups excluding carboxylic acids is 1. The van der Waals surface area contributed by atoms with Crippen LogP contribution < -0.4 is 14.8 Å². The lowest BCUT2D eigenvalue weighted by atomic mass is 9.97. The molecule has 0 fully saturated rings. The van der Waals surface area contributed by atoms with E-state index in [2.05, 4.69) is 16.1 Å². The molecule has 1 amide bonds. The number of nitrogens with one attached hydrogen (secondary N) is 2. The maximum absolute atomic E-state index is 12.5. The highest BCUT2D eigenvalue weighted by atomic mass is 32.2. The molecule has 0 aromatic heterocycles. The molecule has 1 aromatic carbocycles. The molecular weight excluding hydrogens is 352 g/mol. The van der Waals surface area contributed by atoms with Crippen LogP contribution in [0.5, 0.6) is 5.75 Å². The minimum Gasteiger partial charge on any atom is -0.495 e. The molecule has 1 aliphatic carbocycles. The molecule has 0 saturated carbocycles. The molecule has 2 N–H and O–H groups in total. The molecule has 7 heteroatoms. The molecule has 0 saturated heterocycles. The standard InChI is InChI=1S/C19H28N2O4S/c1-14-11-17(25-3)18(12-15(14)2)26(23,24)21-13-19(22)20-10-9-16-7-5-4-6-8-16/h7,11-12,21H,4-6,8-10,13H2,1-3H3,(H,20,22). The molecule has 1 aromatic rings. The van der Waals surface area contributed by atoms with Gasteiger partial charge in [-0.25, -0.2) is 13.1 Å². The summed E-state index contributed by atoms with van der Waals surface area (Å²) in [5, 5.41) is 2.77. The number of sulfonamides is 1. The summed E-state index contributed by atoms with van der Waals surface area (Å²) in [6.07, 6.45) is 7.71. The van der Waals surface area contributed by atoms with Crippen molar-refractivity contribution in [2.24, 2.45) is 0 Å². The molecule has 0 aliphatic heterocycles. The summed E-state index contributed by atoms with van der Waals surface area (Å²) in [7, 11) is -2.40. The number of allylic oxidation sites excluding steroid dienone is 1. The third-order valence-electron chi connectivity index (χ3n) is 4.65. The summed E-state index contributed by atoms with van der Waals surface area (Å²) in [5.41, 5.74) is 3.16. The van der Waals surface area contributed by atoms with Gasteiger partial charge in [-0.1, -0.05) is 11.6 Å². The van der Waals surface area contributed by atoms with Gasteiger partial charge in [-0.2, -0.15) is 0 Å². The molecule has 0 radical (unpaired) electrons. The molecule has 0 spiro atoms. The average molecular weight is 381 g/mol. The van der Waals surface area contributed by atoms with Crippen LogP contribution in [-0.4, -0.2) is 34.5 Å². The quantitative estimate of drug-likeness (QED) is 0.679. The monoisotopic (exact) mass is 380 g/mol. The Morgan fingerprint density at radius 1 is 1.19 bits per heavy atom. The summed E-state index contributed by atoms with van der Waals surface area (Å²) in [6.45, 7) is 3.95. The maximum atomic E-state index is 12.5. The van der Waals surface area contributed by atoms with E-state index >= 15 is 0 Å². The molecular formula is C19H28N2O4S. The van der Waals surface area contributed by atoms with Gasteiger partial charge in [0.05, 0.1) is 13.7 Å². The first-order chi connectivity index (χ1) is 12.3. The number of methoxy groups -OCH3 is 1. The van der Waals surface area contributed by atoms with E-state index in [4.69, 9.17) is 4.74 Å². The third-order valence-corrected chi connectivity index (χ3v) is 6.07. The normalized spacial score (nSPS) is 14.7. The van der Waals surface area contributed by atoms with E-state index in [-0.39, 0.29) is 23.1 Å². The van der Waals surface area contributed by atoms with Crippen molar-refractivity contribution >= 4 is 15.9 Å². The van der Waals surface area contributed by atoms with Gasteiger partial charge in [-0.3, -0.25) is 4.79 Å².